The number of hydroxylamine groups is 1. The molecule has 1 amide bonds. The average molecular weight is 583 g/mol. The third-order valence-corrected chi connectivity index (χ3v) is 11.3. The van der Waals surface area contributed by atoms with Crippen LogP contribution in [0.15, 0.2) is 67.0 Å². The number of amides is 1. The summed E-state index contributed by atoms with van der Waals surface area (Å²) in [5.41, 5.74) is 4.43. The smallest absolute Gasteiger partial charge is 0.245 e. The van der Waals surface area contributed by atoms with E-state index in [-0.39, 0.29) is 12.2 Å². The minimum atomic E-state index is -3.55. The fourth-order valence-corrected chi connectivity index (χ4v) is 8.89. The highest BCUT2D eigenvalue weighted by molar-refractivity contribution is 7.92. The summed E-state index contributed by atoms with van der Waals surface area (Å²) < 4.78 is 37.0. The Kier molecular flexibility index (Phi) is 9.31. The van der Waals surface area contributed by atoms with Gasteiger partial charge in [-0.1, -0.05) is 18.6 Å². The molecule has 0 bridgehead atoms. The van der Waals surface area contributed by atoms with Crippen LogP contribution in [0.4, 0.5) is 0 Å². The monoisotopic (exact) mass is 582 g/mol. The third kappa shape index (κ3) is 6.80. The van der Waals surface area contributed by atoms with E-state index in [9.17, 15) is 13.2 Å². The third-order valence-electron chi connectivity index (χ3n) is 7.26. The Morgan fingerprint density at radius 3 is 2.75 bits per heavy atom. The molecule has 10 heteroatoms. The van der Waals surface area contributed by atoms with Crippen molar-refractivity contribution in [2.75, 3.05) is 19.0 Å². The first-order valence-corrected chi connectivity index (χ1v) is 16.1. The second-order valence-corrected chi connectivity index (χ2v) is 13.6. The molecule has 1 unspecified atom stereocenters. The first kappa shape index (κ1) is 28.5. The lowest BCUT2D eigenvalue weighted by Crippen LogP contribution is -2.45. The largest absolute Gasteiger partial charge is 0.490 e. The highest BCUT2D eigenvalue weighted by atomic mass is 32.2. The summed E-state index contributed by atoms with van der Waals surface area (Å²) in [6, 6.07) is 15.4. The van der Waals surface area contributed by atoms with Crippen molar-refractivity contribution in [1.29, 1.82) is 0 Å². The molecule has 2 atom stereocenters. The Labute approximate surface area is 239 Å². The molecule has 0 saturated carbocycles. The van der Waals surface area contributed by atoms with E-state index in [1.807, 2.05) is 60.7 Å². The van der Waals surface area contributed by atoms with Gasteiger partial charge in [0.25, 0.3) is 0 Å². The van der Waals surface area contributed by atoms with Gasteiger partial charge in [-0.25, -0.2) is 18.7 Å². The number of nitrogens with one attached hydrogen (secondary N) is 1. The summed E-state index contributed by atoms with van der Waals surface area (Å²) in [6.07, 6.45) is 11.1. The summed E-state index contributed by atoms with van der Waals surface area (Å²) in [5, 5.41) is 0. The predicted octanol–water partition coefficient (Wildman–Crippen LogP) is 5.66. The van der Waals surface area contributed by atoms with Gasteiger partial charge >= 0.3 is 0 Å². The second-order valence-electron chi connectivity index (χ2n) is 10.1. The van der Waals surface area contributed by atoms with Gasteiger partial charge in [-0.15, -0.1) is 11.3 Å². The molecule has 2 aliphatic heterocycles. The molecule has 40 heavy (non-hydrogen) atoms. The molecule has 0 aliphatic carbocycles. The van der Waals surface area contributed by atoms with Gasteiger partial charge in [0.2, 0.25) is 5.91 Å². The molecule has 8 nitrogen and oxygen atoms in total. The number of pyridine rings is 1. The Morgan fingerprint density at radius 2 is 2.00 bits per heavy atom. The summed E-state index contributed by atoms with van der Waals surface area (Å²) in [4.78, 5) is 24.1. The first-order valence-electron chi connectivity index (χ1n) is 13.6. The lowest BCUT2D eigenvalue weighted by atomic mass is 9.94. The maximum absolute atomic E-state index is 13.5. The van der Waals surface area contributed by atoms with Gasteiger partial charge < -0.3 is 9.47 Å². The molecular formula is C30H34N2O6S2. The number of carbonyl (C=O) groups is 1. The molecule has 1 aromatic carbocycles. The Morgan fingerprint density at radius 1 is 1.12 bits per heavy atom. The van der Waals surface area contributed by atoms with Crippen LogP contribution < -0.4 is 10.2 Å². The Balaban J connectivity index is 1.26. The number of benzene rings is 1. The highest BCUT2D eigenvalue weighted by Gasteiger charge is 2.49. The van der Waals surface area contributed by atoms with Gasteiger partial charge in [0.15, 0.2) is 16.1 Å². The molecule has 2 aromatic heterocycles. The van der Waals surface area contributed by atoms with Crippen LogP contribution in [0.3, 0.4) is 0 Å². The van der Waals surface area contributed by atoms with Crippen molar-refractivity contribution >= 4 is 33.2 Å². The van der Waals surface area contributed by atoms with Gasteiger partial charge in [-0.05, 0) is 85.4 Å². The van der Waals surface area contributed by atoms with Gasteiger partial charge in [0.05, 0.1) is 12.2 Å². The average Bonchev–Trinajstić information content (AvgIpc) is 3.48. The molecule has 0 radical (unpaired) electrons. The number of hydrogen-bond acceptors (Lipinski definition) is 8. The van der Waals surface area contributed by atoms with Gasteiger partial charge in [0.1, 0.15) is 17.1 Å². The molecule has 0 spiro atoms. The number of ether oxygens (including phenoxy) is 2. The molecule has 2 aliphatic rings. The highest BCUT2D eigenvalue weighted by Crippen LogP contribution is 2.47. The van der Waals surface area contributed by atoms with Gasteiger partial charge in [-0.3, -0.25) is 9.78 Å². The van der Waals surface area contributed by atoms with Crippen LogP contribution in [0.5, 0.6) is 5.75 Å². The van der Waals surface area contributed by atoms with Crippen LogP contribution in [0.1, 0.15) is 55.4 Å². The van der Waals surface area contributed by atoms with E-state index < -0.39 is 26.8 Å². The van der Waals surface area contributed by atoms with Crippen LogP contribution in [0.25, 0.3) is 16.5 Å². The van der Waals surface area contributed by atoms with Crippen molar-refractivity contribution in [3.63, 3.8) is 0 Å². The number of rotatable bonds is 10. The number of thiophene rings is 1. The normalized spacial score (nSPS) is 22.6. The molecule has 212 valence electrons. The van der Waals surface area contributed by atoms with E-state index in [0.29, 0.717) is 37.4 Å². The van der Waals surface area contributed by atoms with Crippen LogP contribution in [-0.4, -0.2) is 44.6 Å². The summed E-state index contributed by atoms with van der Waals surface area (Å²) in [5.74, 6) is 0.358. The summed E-state index contributed by atoms with van der Waals surface area (Å²) in [7, 11) is -3.55. The molecule has 5 rings (SSSR count). The topological polar surface area (TPSA) is 104 Å². The lowest BCUT2D eigenvalue weighted by Gasteiger charge is -2.35. The van der Waals surface area contributed by atoms with Crippen molar-refractivity contribution in [1.82, 2.24) is 10.5 Å². The van der Waals surface area contributed by atoms with E-state index in [2.05, 4.69) is 10.5 Å². The van der Waals surface area contributed by atoms with Crippen LogP contribution in [-0.2, 0) is 29.0 Å². The van der Waals surface area contributed by atoms with Crippen molar-refractivity contribution < 1.29 is 27.5 Å². The number of aromatic nitrogens is 1. The number of hydrogen-bond donors (Lipinski definition) is 1. The molecule has 2 saturated heterocycles. The van der Waals surface area contributed by atoms with E-state index in [4.69, 9.17) is 14.3 Å². The van der Waals surface area contributed by atoms with Crippen LogP contribution >= 0.6 is 11.3 Å². The molecule has 1 N–H and O–H groups in total. The lowest BCUT2D eigenvalue weighted by molar-refractivity contribution is -0.200. The SMILES string of the molecule is O=C(C[C@]1(c2ccc(-c3ccc(OCC=Cc4cccnc4)cc3)s2)CCCCS1(=O)=O)NOC1CCCCO1. The van der Waals surface area contributed by atoms with Crippen molar-refractivity contribution in [3.8, 4) is 16.2 Å². The Bertz CT molecular complexity index is 1400. The van der Waals surface area contributed by atoms with Crippen LogP contribution in [0, 0.1) is 0 Å². The summed E-state index contributed by atoms with van der Waals surface area (Å²) in [6.45, 7) is 1.02. The number of sulfone groups is 1. The van der Waals surface area contributed by atoms with Crippen LogP contribution in [0.2, 0.25) is 0 Å². The zero-order chi connectivity index (χ0) is 27.8. The zero-order valence-corrected chi connectivity index (χ0v) is 23.9. The second kappa shape index (κ2) is 13.1. The van der Waals surface area contributed by atoms with Gasteiger partial charge in [-0.2, -0.15) is 0 Å². The molecular weight excluding hydrogens is 548 g/mol. The number of carbonyl (C=O) groups excluding carboxylic acids is 1. The van der Waals surface area contributed by atoms with E-state index in [0.717, 1.165) is 41.0 Å². The standard InChI is InChI=1S/C30H34N2O6S2/c33-28(32-38-29-9-1-3-18-37-29)21-30(16-2-4-20-40(30,34)35)27-15-14-26(39-27)24-10-12-25(13-11-24)36-19-6-8-23-7-5-17-31-22-23/h5-8,10-15,17,22,29H,1-4,9,16,18-21H2,(H,32,33)/t29?,30-/m0/s1. The van der Waals surface area contributed by atoms with Gasteiger partial charge in [0, 0.05) is 35.2 Å². The minimum absolute atomic E-state index is 0.0708. The van der Waals surface area contributed by atoms with Crippen molar-refractivity contribution in [2.45, 2.75) is 56.0 Å². The predicted molar refractivity (Wildman–Crippen MR) is 155 cm³/mol. The van der Waals surface area contributed by atoms with E-state index in [1.165, 1.54) is 11.3 Å². The zero-order valence-electron chi connectivity index (χ0n) is 22.3. The quantitative estimate of drug-likeness (QED) is 0.308. The van der Waals surface area contributed by atoms with Crippen molar-refractivity contribution in [2.24, 2.45) is 0 Å². The fourth-order valence-electron chi connectivity index (χ4n) is 5.10. The maximum Gasteiger partial charge on any atom is 0.245 e. The summed E-state index contributed by atoms with van der Waals surface area (Å²) >= 11 is 1.42. The maximum atomic E-state index is 13.5. The van der Waals surface area contributed by atoms with E-state index >= 15 is 0 Å². The van der Waals surface area contributed by atoms with Crippen molar-refractivity contribution in [3.05, 3.63) is 77.4 Å². The molecule has 2 fully saturated rings. The molecule has 4 heterocycles. The fraction of sp³-hybridized carbons (Fsp3) is 0.400. The minimum Gasteiger partial charge on any atom is -0.490 e. The molecule has 3 aromatic rings. The number of nitrogens with zero attached hydrogens (tertiary/aromatic N) is 1. The van der Waals surface area contributed by atoms with E-state index in [1.54, 1.807) is 12.4 Å². The Hall–Kier alpha value is -3.05. The first-order chi connectivity index (χ1) is 19.5.